The van der Waals surface area contributed by atoms with Crippen LogP contribution in [0.25, 0.3) is 5.69 Å². The fourth-order valence-electron chi connectivity index (χ4n) is 8.79. The normalized spacial score (nSPS) is 19.1. The molecular formula is C46H60N8O12. The van der Waals surface area contributed by atoms with Crippen LogP contribution in [-0.4, -0.2) is 152 Å². The van der Waals surface area contributed by atoms with E-state index in [0.29, 0.717) is 37.1 Å². The number of likely N-dealkylation sites (tertiary alicyclic amines) is 1. The van der Waals surface area contributed by atoms with Gasteiger partial charge in [0.25, 0.3) is 23.6 Å². The third-order valence-corrected chi connectivity index (χ3v) is 12.2. The summed E-state index contributed by atoms with van der Waals surface area (Å²) in [4.78, 5) is 94.2. The number of rotatable bonds is 24. The molecule has 0 radical (unpaired) electrons. The number of piperidine rings is 2. The number of ether oxygens (including phenoxy) is 5. The zero-order valence-electron chi connectivity index (χ0n) is 37.2. The molecule has 3 aliphatic heterocycles. The fraction of sp³-hybridized carbons (Fsp3) is 0.565. The Balaban J connectivity index is 0.694. The molecule has 6 amide bonds. The Labute approximate surface area is 382 Å². The SMILES string of the molecule is O=C(COc1cccc(-n2nc([C@H]3CCCN(CCC4CCCCC4)C3)[nH]c2=O)c1)NCCOCCOCCOCCNC(=O)COc1cccc2c1C(=O)N(C1CCC(=O)NC1=O)C2=O. The number of aromatic nitrogens is 3. The first-order valence-electron chi connectivity index (χ1n) is 23.0. The lowest BCUT2D eigenvalue weighted by molar-refractivity contribution is -0.136. The van der Waals surface area contributed by atoms with Crippen molar-refractivity contribution in [3.05, 3.63) is 69.9 Å². The van der Waals surface area contributed by atoms with Gasteiger partial charge in [-0.2, -0.15) is 4.68 Å². The van der Waals surface area contributed by atoms with Crippen molar-refractivity contribution in [1.82, 2.24) is 40.5 Å². The van der Waals surface area contributed by atoms with Crippen LogP contribution in [0.1, 0.15) is 96.7 Å². The highest BCUT2D eigenvalue weighted by Gasteiger charge is 2.46. The number of imide groups is 2. The van der Waals surface area contributed by atoms with Crippen LogP contribution < -0.4 is 31.1 Å². The number of nitrogens with zero attached hydrogens (tertiary/aromatic N) is 4. The van der Waals surface area contributed by atoms with Crippen molar-refractivity contribution < 1.29 is 52.5 Å². The standard InChI is InChI=1S/C46H60N8O12/c55-38-15-14-36(43(58)49-38)53-44(59)35-12-5-13-37(41(35)45(53)60)66-30-40(57)48-18-22-63-24-26-64-25-23-62-21-17-47-39(56)29-65-34-11-4-10-33(27-34)54-46(61)50-42(51-54)32-9-6-19-52(28-32)20-16-31-7-2-1-3-8-31/h4-5,10-13,27,31-32,36H,1-3,6-9,14-26,28-30H2,(H,47,56)(H,48,57)(H,49,55,58)(H,50,51,61)/t32-,36?/m0/s1. The number of aromatic amines is 1. The fourth-order valence-corrected chi connectivity index (χ4v) is 8.79. The van der Waals surface area contributed by atoms with Crippen LogP contribution in [0.2, 0.25) is 0 Å². The lowest BCUT2D eigenvalue weighted by atomic mass is 9.86. The summed E-state index contributed by atoms with van der Waals surface area (Å²) in [6, 6.07) is 10.3. The average Bonchev–Trinajstić information content (AvgIpc) is 3.84. The largest absolute Gasteiger partial charge is 0.484 e. The van der Waals surface area contributed by atoms with E-state index in [1.165, 1.54) is 61.4 Å². The molecule has 356 valence electrons. The van der Waals surface area contributed by atoms with E-state index in [-0.39, 0.29) is 86.7 Å². The van der Waals surface area contributed by atoms with Crippen molar-refractivity contribution in [2.75, 3.05) is 85.6 Å². The average molecular weight is 917 g/mol. The van der Waals surface area contributed by atoms with Gasteiger partial charge in [0.05, 0.1) is 56.5 Å². The molecule has 1 unspecified atom stereocenters. The van der Waals surface area contributed by atoms with Gasteiger partial charge < -0.3 is 39.2 Å². The number of carbonyl (C=O) groups excluding carboxylic acids is 6. The summed E-state index contributed by atoms with van der Waals surface area (Å²) in [6.45, 7) is 4.61. The van der Waals surface area contributed by atoms with Crippen molar-refractivity contribution in [1.29, 1.82) is 0 Å². The highest BCUT2D eigenvalue weighted by atomic mass is 16.5. The van der Waals surface area contributed by atoms with Gasteiger partial charge in [-0.25, -0.2) is 4.79 Å². The molecule has 2 atom stereocenters. The molecule has 7 rings (SSSR count). The maximum Gasteiger partial charge on any atom is 0.348 e. The second-order valence-corrected chi connectivity index (χ2v) is 16.9. The molecule has 0 bridgehead atoms. The second kappa shape index (κ2) is 24.0. The first-order valence-corrected chi connectivity index (χ1v) is 23.0. The van der Waals surface area contributed by atoms with E-state index in [2.05, 4.69) is 30.9 Å². The number of amides is 6. The van der Waals surface area contributed by atoms with E-state index in [0.717, 1.165) is 43.3 Å². The number of nitrogens with one attached hydrogen (secondary N) is 4. The lowest BCUT2D eigenvalue weighted by Crippen LogP contribution is -2.54. The van der Waals surface area contributed by atoms with Gasteiger partial charge in [0.1, 0.15) is 23.4 Å². The van der Waals surface area contributed by atoms with Gasteiger partial charge in [-0.1, -0.05) is 44.2 Å². The predicted octanol–water partition coefficient (Wildman–Crippen LogP) is 1.85. The van der Waals surface area contributed by atoms with Crippen LogP contribution in [0.5, 0.6) is 11.5 Å². The molecule has 20 heteroatoms. The van der Waals surface area contributed by atoms with E-state index in [1.807, 2.05) is 0 Å². The number of carbonyl (C=O) groups is 6. The molecule has 1 aliphatic carbocycles. The molecule has 4 N–H and O–H groups in total. The van der Waals surface area contributed by atoms with Crippen molar-refractivity contribution in [3.8, 4) is 17.2 Å². The minimum absolute atomic E-state index is 0.00109. The Hall–Kier alpha value is -5.96. The summed E-state index contributed by atoms with van der Waals surface area (Å²) in [5.74, 6) is -1.19. The van der Waals surface area contributed by atoms with Gasteiger partial charge in [0, 0.05) is 38.0 Å². The molecule has 0 spiro atoms. The van der Waals surface area contributed by atoms with Crippen LogP contribution in [0.3, 0.4) is 0 Å². The minimum atomic E-state index is -1.11. The summed E-state index contributed by atoms with van der Waals surface area (Å²) in [7, 11) is 0. The van der Waals surface area contributed by atoms with Gasteiger partial charge in [0.2, 0.25) is 11.8 Å². The first kappa shape index (κ1) is 48.0. The first-order chi connectivity index (χ1) is 32.1. The third kappa shape index (κ3) is 13.1. The molecule has 3 aromatic rings. The van der Waals surface area contributed by atoms with Crippen molar-refractivity contribution in [2.45, 2.75) is 76.2 Å². The zero-order chi connectivity index (χ0) is 46.3. The molecule has 4 heterocycles. The Morgan fingerprint density at radius 3 is 2.18 bits per heavy atom. The maximum absolute atomic E-state index is 13.2. The molecule has 3 fully saturated rings. The second-order valence-electron chi connectivity index (χ2n) is 16.9. The highest BCUT2D eigenvalue weighted by Crippen LogP contribution is 2.34. The molecule has 1 saturated carbocycles. The summed E-state index contributed by atoms with van der Waals surface area (Å²) >= 11 is 0. The van der Waals surface area contributed by atoms with E-state index in [9.17, 15) is 33.6 Å². The summed E-state index contributed by atoms with van der Waals surface area (Å²) < 4.78 is 29.2. The highest BCUT2D eigenvalue weighted by molar-refractivity contribution is 6.24. The number of hydrogen-bond acceptors (Lipinski definition) is 14. The van der Waals surface area contributed by atoms with E-state index < -0.39 is 42.2 Å². The molecule has 1 aromatic heterocycles. The van der Waals surface area contributed by atoms with Crippen molar-refractivity contribution in [3.63, 3.8) is 0 Å². The Bertz CT molecular complexity index is 2240. The third-order valence-electron chi connectivity index (χ3n) is 12.2. The molecule has 66 heavy (non-hydrogen) atoms. The number of hydrogen-bond donors (Lipinski definition) is 4. The summed E-state index contributed by atoms with van der Waals surface area (Å²) in [6.07, 6.45) is 10.1. The topological polar surface area (TPSA) is 242 Å². The molecule has 20 nitrogen and oxygen atoms in total. The quantitative estimate of drug-likeness (QED) is 0.0741. The Morgan fingerprint density at radius 1 is 0.758 bits per heavy atom. The van der Waals surface area contributed by atoms with Crippen molar-refractivity contribution in [2.24, 2.45) is 5.92 Å². The molecular weight excluding hydrogens is 857 g/mol. The van der Waals surface area contributed by atoms with Gasteiger partial charge in [-0.05, 0) is 69.0 Å². The van der Waals surface area contributed by atoms with Crippen LogP contribution in [0.4, 0.5) is 0 Å². The van der Waals surface area contributed by atoms with Crippen LogP contribution in [-0.2, 0) is 33.4 Å². The summed E-state index contributed by atoms with van der Waals surface area (Å²) in [5.41, 5.74) is 0.261. The van der Waals surface area contributed by atoms with Gasteiger partial charge in [-0.15, -0.1) is 5.10 Å². The Kier molecular flexibility index (Phi) is 17.4. The van der Waals surface area contributed by atoms with Crippen LogP contribution in [0, 0.1) is 5.92 Å². The molecule has 4 aliphatic rings. The monoisotopic (exact) mass is 916 g/mol. The molecule has 2 aromatic carbocycles. The Morgan fingerprint density at radius 2 is 1.45 bits per heavy atom. The smallest absolute Gasteiger partial charge is 0.348 e. The number of fused-ring (bicyclic) bond motifs is 1. The van der Waals surface area contributed by atoms with Gasteiger partial charge in [-0.3, -0.25) is 44.0 Å². The van der Waals surface area contributed by atoms with Gasteiger partial charge >= 0.3 is 5.69 Å². The zero-order valence-corrected chi connectivity index (χ0v) is 37.2. The summed E-state index contributed by atoms with van der Waals surface area (Å²) in [5, 5.41) is 12.2. The van der Waals surface area contributed by atoms with E-state index in [1.54, 1.807) is 24.3 Å². The lowest BCUT2D eigenvalue weighted by Gasteiger charge is -2.33. The minimum Gasteiger partial charge on any atom is -0.484 e. The number of benzene rings is 2. The molecule has 2 saturated heterocycles. The van der Waals surface area contributed by atoms with Gasteiger partial charge in [0.15, 0.2) is 13.2 Å². The van der Waals surface area contributed by atoms with E-state index in [4.69, 9.17) is 23.7 Å². The number of H-pyrrole nitrogens is 1. The maximum atomic E-state index is 13.2. The predicted molar refractivity (Wildman–Crippen MR) is 236 cm³/mol. The van der Waals surface area contributed by atoms with Crippen LogP contribution >= 0.6 is 0 Å². The van der Waals surface area contributed by atoms with E-state index >= 15 is 0 Å². The van der Waals surface area contributed by atoms with Crippen LogP contribution in [0.15, 0.2) is 47.3 Å². The van der Waals surface area contributed by atoms with Crippen molar-refractivity contribution >= 4 is 35.4 Å².